The summed E-state index contributed by atoms with van der Waals surface area (Å²) in [6.07, 6.45) is 5.48. The lowest BCUT2D eigenvalue weighted by Gasteiger charge is -2.20. The van der Waals surface area contributed by atoms with E-state index in [1.165, 1.54) is 18.4 Å². The van der Waals surface area contributed by atoms with Crippen molar-refractivity contribution in [2.75, 3.05) is 18.6 Å². The van der Waals surface area contributed by atoms with Crippen LogP contribution in [0.4, 0.5) is 5.69 Å². The minimum atomic E-state index is 0.169. The summed E-state index contributed by atoms with van der Waals surface area (Å²) in [6, 6.07) is 14.5. The topological polar surface area (TPSA) is 38.8 Å². The first kappa shape index (κ1) is 19.8. The summed E-state index contributed by atoms with van der Waals surface area (Å²) in [5.41, 5.74) is 3.41. The Balaban J connectivity index is 1.54. The van der Waals surface area contributed by atoms with E-state index in [0.29, 0.717) is 18.9 Å². The maximum atomic E-state index is 12.8. The van der Waals surface area contributed by atoms with Crippen molar-refractivity contribution < 1.29 is 14.3 Å². The van der Waals surface area contributed by atoms with Crippen LogP contribution in [-0.2, 0) is 4.79 Å². The van der Waals surface area contributed by atoms with Crippen molar-refractivity contribution in [3.8, 4) is 11.5 Å². The third-order valence-corrected chi connectivity index (χ3v) is 6.23. The van der Waals surface area contributed by atoms with Gasteiger partial charge in [-0.15, -0.1) is 0 Å². The van der Waals surface area contributed by atoms with Crippen LogP contribution in [0.25, 0.3) is 0 Å². The van der Waals surface area contributed by atoms with Gasteiger partial charge in [0, 0.05) is 24.6 Å². The number of carbonyl (C=O) groups excluding carboxylic acids is 1. The normalized spacial score (nSPS) is 19.9. The molecule has 2 aromatic carbocycles. The van der Waals surface area contributed by atoms with Crippen LogP contribution < -0.4 is 14.4 Å². The second-order valence-corrected chi connectivity index (χ2v) is 8.59. The predicted molar refractivity (Wildman–Crippen MR) is 116 cm³/mol. The van der Waals surface area contributed by atoms with Gasteiger partial charge in [0.15, 0.2) is 11.5 Å². The second-order valence-electron chi connectivity index (χ2n) is 8.59. The Hall–Kier alpha value is -2.49. The van der Waals surface area contributed by atoms with E-state index in [-0.39, 0.29) is 17.9 Å². The number of benzene rings is 2. The summed E-state index contributed by atoms with van der Waals surface area (Å²) in [4.78, 5) is 14.7. The van der Waals surface area contributed by atoms with Gasteiger partial charge >= 0.3 is 0 Å². The van der Waals surface area contributed by atoms with E-state index >= 15 is 0 Å². The molecule has 1 heterocycles. The van der Waals surface area contributed by atoms with E-state index in [9.17, 15) is 4.79 Å². The molecule has 0 N–H and O–H groups in total. The fourth-order valence-electron chi connectivity index (χ4n) is 4.46. The Morgan fingerprint density at radius 1 is 1.03 bits per heavy atom. The van der Waals surface area contributed by atoms with Crippen LogP contribution in [0.5, 0.6) is 11.5 Å². The lowest BCUT2D eigenvalue weighted by Crippen LogP contribution is -2.24. The van der Waals surface area contributed by atoms with Crippen LogP contribution in [0.2, 0.25) is 0 Å². The van der Waals surface area contributed by atoms with Crippen molar-refractivity contribution in [3.63, 3.8) is 0 Å². The Labute approximate surface area is 173 Å². The summed E-state index contributed by atoms with van der Waals surface area (Å²) in [5.74, 6) is 2.38. The zero-order chi connectivity index (χ0) is 20.4. The number of ether oxygens (including phenoxy) is 2. The minimum Gasteiger partial charge on any atom is -0.493 e. The highest BCUT2D eigenvalue weighted by atomic mass is 16.5. The van der Waals surface area contributed by atoms with Gasteiger partial charge in [0.05, 0.1) is 13.2 Å². The van der Waals surface area contributed by atoms with Crippen molar-refractivity contribution >= 4 is 11.6 Å². The number of anilines is 1. The SMILES string of the molecule is COc1ccc([C@H]2CC(=O)N(c3cccc(C(C)C)c3)C2)cc1OC1CCCC1. The molecule has 4 nitrogen and oxygen atoms in total. The third kappa shape index (κ3) is 4.26. The molecule has 4 rings (SSSR count). The van der Waals surface area contributed by atoms with Gasteiger partial charge in [-0.25, -0.2) is 0 Å². The summed E-state index contributed by atoms with van der Waals surface area (Å²) >= 11 is 0. The van der Waals surface area contributed by atoms with E-state index in [4.69, 9.17) is 9.47 Å². The van der Waals surface area contributed by atoms with Crippen molar-refractivity contribution in [3.05, 3.63) is 53.6 Å². The van der Waals surface area contributed by atoms with Crippen molar-refractivity contribution in [1.82, 2.24) is 0 Å². The van der Waals surface area contributed by atoms with Crippen molar-refractivity contribution in [2.24, 2.45) is 0 Å². The summed E-state index contributed by atoms with van der Waals surface area (Å²) in [5, 5.41) is 0. The average Bonchev–Trinajstić information content (AvgIpc) is 3.37. The monoisotopic (exact) mass is 393 g/mol. The van der Waals surface area contributed by atoms with E-state index in [2.05, 4.69) is 38.1 Å². The molecule has 1 aliphatic carbocycles. The molecule has 0 bridgehead atoms. The standard InChI is InChI=1S/C25H31NO3/c1-17(2)18-7-6-8-21(13-18)26-16-20(15-25(26)27)19-11-12-23(28-3)24(14-19)29-22-9-4-5-10-22/h6-8,11-14,17,20,22H,4-5,9-10,15-16H2,1-3H3/t20-/m0/s1. The van der Waals surface area contributed by atoms with Crippen LogP contribution >= 0.6 is 0 Å². The number of methoxy groups -OCH3 is 1. The number of hydrogen-bond donors (Lipinski definition) is 0. The highest BCUT2D eigenvalue weighted by Crippen LogP contribution is 2.38. The Morgan fingerprint density at radius 3 is 2.55 bits per heavy atom. The second kappa shape index (κ2) is 8.48. The number of nitrogens with zero attached hydrogens (tertiary/aromatic N) is 1. The van der Waals surface area contributed by atoms with E-state index in [0.717, 1.165) is 35.6 Å². The molecular weight excluding hydrogens is 362 g/mol. The van der Waals surface area contributed by atoms with Crippen molar-refractivity contribution in [2.45, 2.75) is 63.9 Å². The van der Waals surface area contributed by atoms with E-state index < -0.39 is 0 Å². The first-order valence-electron chi connectivity index (χ1n) is 10.8. The average molecular weight is 394 g/mol. The lowest BCUT2D eigenvalue weighted by molar-refractivity contribution is -0.117. The lowest BCUT2D eigenvalue weighted by atomic mass is 9.97. The van der Waals surface area contributed by atoms with Gasteiger partial charge in [0.2, 0.25) is 5.91 Å². The zero-order valence-electron chi connectivity index (χ0n) is 17.7. The molecular formula is C25H31NO3. The van der Waals surface area contributed by atoms with Gasteiger partial charge in [-0.1, -0.05) is 32.0 Å². The molecule has 1 amide bonds. The highest BCUT2D eigenvalue weighted by molar-refractivity contribution is 5.96. The fourth-order valence-corrected chi connectivity index (χ4v) is 4.46. The molecule has 0 radical (unpaired) electrons. The van der Waals surface area contributed by atoms with Crippen LogP contribution in [0.15, 0.2) is 42.5 Å². The molecule has 0 aromatic heterocycles. The van der Waals surface area contributed by atoms with Gasteiger partial charge in [-0.05, 0) is 67.0 Å². The number of carbonyl (C=O) groups is 1. The van der Waals surface area contributed by atoms with Gasteiger partial charge in [0.1, 0.15) is 0 Å². The largest absolute Gasteiger partial charge is 0.493 e. The summed E-state index contributed by atoms with van der Waals surface area (Å²) in [7, 11) is 1.68. The molecule has 0 unspecified atom stereocenters. The summed E-state index contributed by atoms with van der Waals surface area (Å²) in [6.45, 7) is 5.06. The molecule has 1 aliphatic heterocycles. The van der Waals surface area contributed by atoms with E-state index in [1.807, 2.05) is 23.1 Å². The molecule has 2 aliphatic rings. The van der Waals surface area contributed by atoms with Gasteiger partial charge < -0.3 is 14.4 Å². The Kier molecular flexibility index (Phi) is 5.79. The first-order valence-corrected chi connectivity index (χ1v) is 10.8. The molecule has 29 heavy (non-hydrogen) atoms. The van der Waals surface area contributed by atoms with E-state index in [1.54, 1.807) is 7.11 Å². The third-order valence-electron chi connectivity index (χ3n) is 6.23. The maximum Gasteiger partial charge on any atom is 0.227 e. The van der Waals surface area contributed by atoms with Gasteiger partial charge in [-0.3, -0.25) is 4.79 Å². The Bertz CT molecular complexity index is 870. The van der Waals surface area contributed by atoms with Crippen molar-refractivity contribution in [1.29, 1.82) is 0 Å². The maximum absolute atomic E-state index is 12.8. The quantitative estimate of drug-likeness (QED) is 0.635. The first-order chi connectivity index (χ1) is 14.0. The van der Waals surface area contributed by atoms with Gasteiger partial charge in [-0.2, -0.15) is 0 Å². The minimum absolute atomic E-state index is 0.169. The molecule has 1 saturated carbocycles. The van der Waals surface area contributed by atoms with Crippen LogP contribution in [0.1, 0.15) is 68.9 Å². The molecule has 4 heteroatoms. The molecule has 2 fully saturated rings. The molecule has 154 valence electrons. The predicted octanol–water partition coefficient (Wildman–Crippen LogP) is 5.66. The molecule has 0 spiro atoms. The van der Waals surface area contributed by atoms with Crippen LogP contribution in [0, 0.1) is 0 Å². The smallest absolute Gasteiger partial charge is 0.227 e. The number of amides is 1. The zero-order valence-corrected chi connectivity index (χ0v) is 17.7. The molecule has 2 aromatic rings. The summed E-state index contributed by atoms with van der Waals surface area (Å²) < 4.78 is 11.8. The van der Waals surface area contributed by atoms with Crippen LogP contribution in [-0.4, -0.2) is 25.7 Å². The Morgan fingerprint density at radius 2 is 1.83 bits per heavy atom. The highest BCUT2D eigenvalue weighted by Gasteiger charge is 2.32. The van der Waals surface area contributed by atoms with Crippen LogP contribution in [0.3, 0.4) is 0 Å². The number of hydrogen-bond acceptors (Lipinski definition) is 3. The fraction of sp³-hybridized carbons (Fsp3) is 0.480. The number of rotatable bonds is 6. The molecule has 1 atom stereocenters. The molecule has 1 saturated heterocycles. The van der Waals surface area contributed by atoms with Gasteiger partial charge in [0.25, 0.3) is 0 Å².